The van der Waals surface area contributed by atoms with Crippen molar-refractivity contribution in [2.24, 2.45) is 17.8 Å². The zero-order chi connectivity index (χ0) is 16.7. The van der Waals surface area contributed by atoms with Crippen molar-refractivity contribution < 1.29 is 14.3 Å². The van der Waals surface area contributed by atoms with Crippen LogP contribution in [0.1, 0.15) is 51.9 Å². The Bertz CT molecular complexity index is 483. The van der Waals surface area contributed by atoms with Gasteiger partial charge in [0.1, 0.15) is 0 Å². The Hall–Kier alpha value is -1.10. The summed E-state index contributed by atoms with van der Waals surface area (Å²) in [6.45, 7) is 5.70. The number of amides is 2. The van der Waals surface area contributed by atoms with Gasteiger partial charge in [0.25, 0.3) is 0 Å². The summed E-state index contributed by atoms with van der Waals surface area (Å²) in [5, 5.41) is 0. The van der Waals surface area contributed by atoms with E-state index in [2.05, 4.69) is 6.92 Å². The maximum atomic E-state index is 12.7. The minimum Gasteiger partial charge on any atom is -0.372 e. The normalized spacial score (nSPS) is 38.8. The lowest BCUT2D eigenvalue weighted by molar-refractivity contribution is -0.139. The van der Waals surface area contributed by atoms with Crippen LogP contribution in [0, 0.1) is 17.8 Å². The second-order valence-corrected chi connectivity index (χ2v) is 8.43. The van der Waals surface area contributed by atoms with Gasteiger partial charge in [-0.2, -0.15) is 0 Å². The van der Waals surface area contributed by atoms with E-state index in [1.54, 1.807) is 0 Å². The molecule has 0 aromatic rings. The van der Waals surface area contributed by atoms with Crippen molar-refractivity contribution in [3.8, 4) is 0 Å². The van der Waals surface area contributed by atoms with Crippen LogP contribution >= 0.6 is 0 Å². The lowest BCUT2D eigenvalue weighted by Gasteiger charge is -2.32. The Balaban J connectivity index is 1.25. The van der Waals surface area contributed by atoms with Crippen LogP contribution < -0.4 is 0 Å². The first-order valence-corrected chi connectivity index (χ1v) is 9.82. The number of rotatable bonds is 3. The van der Waals surface area contributed by atoms with E-state index in [9.17, 15) is 9.59 Å². The Morgan fingerprint density at radius 3 is 2.42 bits per heavy atom. The van der Waals surface area contributed by atoms with Crippen LogP contribution in [0.15, 0.2) is 0 Å². The van der Waals surface area contributed by atoms with E-state index < -0.39 is 0 Å². The van der Waals surface area contributed by atoms with E-state index in [1.165, 1.54) is 12.8 Å². The van der Waals surface area contributed by atoms with Crippen molar-refractivity contribution in [2.45, 2.75) is 64.1 Å². The highest BCUT2D eigenvalue weighted by Gasteiger charge is 2.45. The molecular weight excluding hydrogens is 304 g/mol. The van der Waals surface area contributed by atoms with Gasteiger partial charge in [-0.25, -0.2) is 0 Å². The highest BCUT2D eigenvalue weighted by molar-refractivity contribution is 5.79. The summed E-state index contributed by atoms with van der Waals surface area (Å²) in [6.07, 6.45) is 7.32. The molecule has 3 aliphatic heterocycles. The van der Waals surface area contributed by atoms with E-state index in [0.717, 1.165) is 57.8 Å². The molecule has 0 N–H and O–H groups in total. The van der Waals surface area contributed by atoms with Crippen molar-refractivity contribution in [1.29, 1.82) is 0 Å². The molecule has 134 valence electrons. The fourth-order valence-corrected chi connectivity index (χ4v) is 4.83. The number of hydrogen-bond acceptors (Lipinski definition) is 3. The number of ether oxygens (including phenoxy) is 1. The maximum absolute atomic E-state index is 12.7. The standard InChI is InChI=1S/C19H30N2O3/c1-13-3-5-14(6-4-13)19(23)21-11-15-9-16(24-17(15)12-21)10-18(22)20-7-2-8-20/h13-17H,2-12H2,1H3/t13?,14?,15-,16-,17+/m0/s1. The molecule has 0 aromatic heterocycles. The second kappa shape index (κ2) is 6.66. The van der Waals surface area contributed by atoms with Gasteiger partial charge in [-0.1, -0.05) is 6.92 Å². The van der Waals surface area contributed by atoms with Gasteiger partial charge in [0, 0.05) is 38.0 Å². The van der Waals surface area contributed by atoms with E-state index in [0.29, 0.717) is 18.2 Å². The average molecular weight is 334 g/mol. The second-order valence-electron chi connectivity index (χ2n) is 8.43. The Labute approximate surface area is 144 Å². The Morgan fingerprint density at radius 1 is 1.04 bits per heavy atom. The van der Waals surface area contributed by atoms with Crippen molar-refractivity contribution >= 4 is 11.8 Å². The van der Waals surface area contributed by atoms with Crippen LogP contribution in [0.5, 0.6) is 0 Å². The first-order chi connectivity index (χ1) is 11.6. The van der Waals surface area contributed by atoms with E-state index in [-0.39, 0.29) is 24.0 Å². The lowest BCUT2D eigenvalue weighted by Crippen LogP contribution is -2.43. The Kier molecular flexibility index (Phi) is 4.54. The van der Waals surface area contributed by atoms with Gasteiger partial charge in [0.2, 0.25) is 11.8 Å². The highest BCUT2D eigenvalue weighted by Crippen LogP contribution is 2.37. The fourth-order valence-electron chi connectivity index (χ4n) is 4.83. The van der Waals surface area contributed by atoms with Gasteiger partial charge >= 0.3 is 0 Å². The van der Waals surface area contributed by atoms with Gasteiger partial charge < -0.3 is 14.5 Å². The molecule has 5 heteroatoms. The molecular formula is C19H30N2O3. The third-order valence-corrected chi connectivity index (χ3v) is 6.60. The lowest BCUT2D eigenvalue weighted by atomic mass is 9.82. The van der Waals surface area contributed by atoms with Crippen molar-refractivity contribution in [3.05, 3.63) is 0 Å². The van der Waals surface area contributed by atoms with E-state index in [4.69, 9.17) is 4.74 Å². The minimum absolute atomic E-state index is 0.0703. The summed E-state index contributed by atoms with van der Waals surface area (Å²) in [5.74, 6) is 2.05. The van der Waals surface area contributed by atoms with Crippen molar-refractivity contribution in [3.63, 3.8) is 0 Å². The monoisotopic (exact) mass is 334 g/mol. The number of hydrogen-bond donors (Lipinski definition) is 0. The third-order valence-electron chi connectivity index (χ3n) is 6.60. The number of fused-ring (bicyclic) bond motifs is 1. The number of carbonyl (C=O) groups excluding carboxylic acids is 2. The molecule has 3 atom stereocenters. The minimum atomic E-state index is 0.0703. The summed E-state index contributed by atoms with van der Waals surface area (Å²) >= 11 is 0. The summed E-state index contributed by atoms with van der Waals surface area (Å²) < 4.78 is 6.12. The molecule has 1 saturated carbocycles. The zero-order valence-electron chi connectivity index (χ0n) is 14.8. The summed E-state index contributed by atoms with van der Waals surface area (Å²) in [6, 6.07) is 0. The molecule has 0 radical (unpaired) electrons. The van der Waals surface area contributed by atoms with Crippen LogP contribution in [-0.2, 0) is 14.3 Å². The fraction of sp³-hybridized carbons (Fsp3) is 0.895. The van der Waals surface area contributed by atoms with E-state index >= 15 is 0 Å². The molecule has 4 fully saturated rings. The predicted octanol–water partition coefficient (Wildman–Crippen LogP) is 2.05. The zero-order valence-corrected chi connectivity index (χ0v) is 14.8. The molecule has 0 spiro atoms. The number of likely N-dealkylation sites (tertiary alicyclic amines) is 2. The highest BCUT2D eigenvalue weighted by atomic mass is 16.5. The molecule has 0 bridgehead atoms. The molecule has 5 nitrogen and oxygen atoms in total. The summed E-state index contributed by atoms with van der Waals surface area (Å²) in [7, 11) is 0. The molecule has 3 saturated heterocycles. The predicted molar refractivity (Wildman–Crippen MR) is 90.3 cm³/mol. The average Bonchev–Trinajstić information content (AvgIpc) is 3.03. The van der Waals surface area contributed by atoms with Crippen LogP contribution in [0.25, 0.3) is 0 Å². The SMILES string of the molecule is CC1CCC(C(=O)N2C[C@@H]3C[C@@H](CC(=O)N4CCC4)O[C@@H]3C2)CC1. The molecule has 0 unspecified atom stereocenters. The first-order valence-electron chi connectivity index (χ1n) is 9.82. The summed E-state index contributed by atoms with van der Waals surface area (Å²) in [5.41, 5.74) is 0. The quantitative estimate of drug-likeness (QED) is 0.794. The van der Waals surface area contributed by atoms with Gasteiger partial charge in [-0.05, 0) is 44.4 Å². The largest absolute Gasteiger partial charge is 0.372 e. The molecule has 3 heterocycles. The molecule has 0 aromatic carbocycles. The van der Waals surface area contributed by atoms with E-state index in [1.807, 2.05) is 9.80 Å². The third kappa shape index (κ3) is 3.19. The van der Waals surface area contributed by atoms with Crippen molar-refractivity contribution in [1.82, 2.24) is 9.80 Å². The topological polar surface area (TPSA) is 49.9 Å². The van der Waals surface area contributed by atoms with Gasteiger partial charge in [-0.15, -0.1) is 0 Å². The van der Waals surface area contributed by atoms with Gasteiger partial charge in [0.15, 0.2) is 0 Å². The molecule has 24 heavy (non-hydrogen) atoms. The van der Waals surface area contributed by atoms with Crippen LogP contribution in [0.4, 0.5) is 0 Å². The molecule has 4 rings (SSSR count). The maximum Gasteiger partial charge on any atom is 0.225 e. The number of carbonyl (C=O) groups is 2. The van der Waals surface area contributed by atoms with Crippen LogP contribution in [-0.4, -0.2) is 60.0 Å². The smallest absolute Gasteiger partial charge is 0.225 e. The van der Waals surface area contributed by atoms with Crippen molar-refractivity contribution in [2.75, 3.05) is 26.2 Å². The van der Waals surface area contributed by atoms with Gasteiger partial charge in [-0.3, -0.25) is 9.59 Å². The molecule has 2 amide bonds. The number of nitrogens with zero attached hydrogens (tertiary/aromatic N) is 2. The Morgan fingerprint density at radius 2 is 1.79 bits per heavy atom. The first kappa shape index (κ1) is 16.4. The van der Waals surface area contributed by atoms with Gasteiger partial charge in [0.05, 0.1) is 18.6 Å². The molecule has 1 aliphatic carbocycles. The van der Waals surface area contributed by atoms with Crippen LogP contribution in [0.3, 0.4) is 0 Å². The summed E-state index contributed by atoms with van der Waals surface area (Å²) in [4.78, 5) is 28.8. The van der Waals surface area contributed by atoms with Crippen LogP contribution in [0.2, 0.25) is 0 Å². The molecule has 4 aliphatic rings.